The van der Waals surface area contributed by atoms with Crippen molar-refractivity contribution in [2.45, 2.75) is 0 Å². The molecule has 0 unspecified atom stereocenters. The molecule has 16 heavy (non-hydrogen) atoms. The Morgan fingerprint density at radius 3 is 2.88 bits per heavy atom. The van der Waals surface area contributed by atoms with Crippen LogP contribution < -0.4 is 9.47 Å². The van der Waals surface area contributed by atoms with Crippen molar-refractivity contribution >= 4 is 22.9 Å². The van der Waals surface area contributed by atoms with E-state index in [9.17, 15) is 4.79 Å². The first kappa shape index (κ1) is 10.8. The van der Waals surface area contributed by atoms with Gasteiger partial charge in [0, 0.05) is 0 Å². The van der Waals surface area contributed by atoms with Gasteiger partial charge in [-0.1, -0.05) is 24.3 Å². The van der Waals surface area contributed by atoms with Crippen molar-refractivity contribution in [1.82, 2.24) is 0 Å². The second-order valence-electron chi connectivity index (χ2n) is 3.14. The van der Waals surface area contributed by atoms with Gasteiger partial charge in [-0.2, -0.15) is 0 Å². The molecule has 0 radical (unpaired) electrons. The number of benzene rings is 1. The molecule has 1 aromatic carbocycles. The molecule has 0 aliphatic carbocycles. The number of carbonyl (C=O) groups excluding carboxylic acids is 1. The number of hydrogen-bond acceptors (Lipinski definition) is 3. The van der Waals surface area contributed by atoms with E-state index in [2.05, 4.69) is 0 Å². The van der Waals surface area contributed by atoms with E-state index in [1.165, 1.54) is 6.08 Å². The summed E-state index contributed by atoms with van der Waals surface area (Å²) in [6, 6.07) is 5.62. The second kappa shape index (κ2) is 4.86. The van der Waals surface area contributed by atoms with Crippen molar-refractivity contribution in [2.24, 2.45) is 0 Å². The van der Waals surface area contributed by atoms with Gasteiger partial charge >= 0.3 is 0 Å². The van der Waals surface area contributed by atoms with Gasteiger partial charge in [-0.05, 0) is 35.4 Å². The summed E-state index contributed by atoms with van der Waals surface area (Å²) in [5.74, 6) is 1.49. The summed E-state index contributed by atoms with van der Waals surface area (Å²) in [5.41, 5.74) is 0.968. The number of fused-ring (bicyclic) bond motifs is 1. The normalized spacial score (nSPS) is 13.8. The quantitative estimate of drug-likeness (QED) is 0.460. The van der Waals surface area contributed by atoms with Crippen molar-refractivity contribution in [2.75, 3.05) is 6.79 Å². The summed E-state index contributed by atoms with van der Waals surface area (Å²) in [7, 11) is 0. The lowest BCUT2D eigenvalue weighted by atomic mass is 10.2. The molecular weight excluding hydrogens is 228 g/mol. The van der Waals surface area contributed by atoms with Crippen molar-refractivity contribution in [3.05, 3.63) is 42.0 Å². The van der Waals surface area contributed by atoms with E-state index >= 15 is 0 Å². The van der Waals surface area contributed by atoms with Crippen LogP contribution in [0.25, 0.3) is 6.08 Å². The molecule has 0 N–H and O–H groups in total. The first-order valence-corrected chi connectivity index (χ1v) is 5.07. The first-order valence-electron chi connectivity index (χ1n) is 4.69. The highest BCUT2D eigenvalue weighted by atomic mass is 35.5. The molecule has 0 saturated heterocycles. The van der Waals surface area contributed by atoms with Gasteiger partial charge in [0.25, 0.3) is 0 Å². The molecule has 0 spiro atoms. The fourth-order valence-corrected chi connectivity index (χ4v) is 1.39. The summed E-state index contributed by atoms with van der Waals surface area (Å²) >= 11 is 5.14. The largest absolute Gasteiger partial charge is 0.454 e. The van der Waals surface area contributed by atoms with Crippen LogP contribution in [-0.2, 0) is 4.79 Å². The van der Waals surface area contributed by atoms with E-state index in [1.807, 2.05) is 24.3 Å². The zero-order valence-corrected chi connectivity index (χ0v) is 9.11. The minimum Gasteiger partial charge on any atom is -0.454 e. The fraction of sp³-hybridized carbons (Fsp3) is 0.0833. The molecule has 0 saturated carbocycles. The van der Waals surface area contributed by atoms with Gasteiger partial charge in [0.05, 0.1) is 0 Å². The zero-order chi connectivity index (χ0) is 11.4. The summed E-state index contributed by atoms with van der Waals surface area (Å²) in [4.78, 5) is 10.4. The van der Waals surface area contributed by atoms with E-state index in [-0.39, 0.29) is 6.79 Å². The molecule has 1 aliphatic rings. The number of halogens is 1. The molecule has 1 aromatic rings. The Morgan fingerprint density at radius 1 is 1.25 bits per heavy atom. The van der Waals surface area contributed by atoms with E-state index in [4.69, 9.17) is 21.1 Å². The maximum absolute atomic E-state index is 10.4. The maximum Gasteiger partial charge on any atom is 0.245 e. The van der Waals surface area contributed by atoms with Crippen LogP contribution in [0.15, 0.2) is 36.4 Å². The van der Waals surface area contributed by atoms with Crippen molar-refractivity contribution < 1.29 is 14.3 Å². The van der Waals surface area contributed by atoms with Crippen LogP contribution in [0.4, 0.5) is 0 Å². The smallest absolute Gasteiger partial charge is 0.245 e. The van der Waals surface area contributed by atoms with Crippen LogP contribution in [0.2, 0.25) is 0 Å². The molecule has 1 heterocycles. The van der Waals surface area contributed by atoms with Crippen LogP contribution in [0.3, 0.4) is 0 Å². The molecule has 0 atom stereocenters. The Labute approximate surface area is 97.9 Å². The monoisotopic (exact) mass is 236 g/mol. The van der Waals surface area contributed by atoms with Gasteiger partial charge in [-0.25, -0.2) is 0 Å². The topological polar surface area (TPSA) is 35.5 Å². The minimum absolute atomic E-state index is 0.267. The third kappa shape index (κ3) is 2.64. The molecular formula is C12H9ClO3. The van der Waals surface area contributed by atoms with Crippen LogP contribution in [0, 0.1) is 0 Å². The van der Waals surface area contributed by atoms with Gasteiger partial charge in [0.2, 0.25) is 12.0 Å². The predicted molar refractivity (Wildman–Crippen MR) is 61.6 cm³/mol. The highest BCUT2D eigenvalue weighted by molar-refractivity contribution is 6.66. The Morgan fingerprint density at radius 2 is 2.06 bits per heavy atom. The number of ether oxygens (including phenoxy) is 2. The number of rotatable bonds is 3. The fourth-order valence-electron chi connectivity index (χ4n) is 1.31. The van der Waals surface area contributed by atoms with Crippen molar-refractivity contribution in [3.63, 3.8) is 0 Å². The van der Waals surface area contributed by atoms with Gasteiger partial charge in [0.15, 0.2) is 11.5 Å². The third-order valence-corrected chi connectivity index (χ3v) is 2.15. The average Bonchev–Trinajstić information content (AvgIpc) is 2.71. The Balaban J connectivity index is 2.08. The van der Waals surface area contributed by atoms with Gasteiger partial charge in [0.1, 0.15) is 0 Å². The van der Waals surface area contributed by atoms with E-state index in [1.54, 1.807) is 12.2 Å². The predicted octanol–water partition coefficient (Wildman–Crippen LogP) is 2.75. The molecule has 82 valence electrons. The summed E-state index contributed by atoms with van der Waals surface area (Å²) in [6.07, 6.45) is 6.45. The van der Waals surface area contributed by atoms with Crippen LogP contribution in [-0.4, -0.2) is 12.0 Å². The molecule has 0 fully saturated rings. The van der Waals surface area contributed by atoms with Crippen LogP contribution >= 0.6 is 11.6 Å². The highest BCUT2D eigenvalue weighted by Gasteiger charge is 2.11. The lowest BCUT2D eigenvalue weighted by molar-refractivity contribution is -0.107. The number of hydrogen-bond donors (Lipinski definition) is 0. The van der Waals surface area contributed by atoms with Gasteiger partial charge in [-0.15, -0.1) is 0 Å². The summed E-state index contributed by atoms with van der Waals surface area (Å²) in [5, 5.41) is -0.490. The molecule has 0 aromatic heterocycles. The molecule has 0 bridgehead atoms. The molecule has 2 rings (SSSR count). The lowest BCUT2D eigenvalue weighted by Gasteiger charge is -1.96. The van der Waals surface area contributed by atoms with Gasteiger partial charge < -0.3 is 9.47 Å². The molecule has 1 aliphatic heterocycles. The zero-order valence-electron chi connectivity index (χ0n) is 8.35. The van der Waals surface area contributed by atoms with Gasteiger partial charge in [-0.3, -0.25) is 4.79 Å². The van der Waals surface area contributed by atoms with E-state index < -0.39 is 5.24 Å². The van der Waals surface area contributed by atoms with E-state index in [0.29, 0.717) is 0 Å². The van der Waals surface area contributed by atoms with Crippen LogP contribution in [0.5, 0.6) is 11.5 Å². The SMILES string of the molecule is O=C(Cl)/C=C/C=C/c1ccc2c(c1)OCO2. The second-order valence-corrected chi connectivity index (χ2v) is 3.51. The standard InChI is InChI=1S/C12H9ClO3/c13-12(14)4-2-1-3-9-5-6-10-11(7-9)16-8-15-10/h1-7H,8H2/b3-1+,4-2+. The van der Waals surface area contributed by atoms with E-state index in [0.717, 1.165) is 17.1 Å². The average molecular weight is 237 g/mol. The maximum atomic E-state index is 10.4. The summed E-state index contributed by atoms with van der Waals surface area (Å²) < 4.78 is 10.4. The third-order valence-electron chi connectivity index (χ3n) is 2.02. The molecule has 3 nitrogen and oxygen atoms in total. The van der Waals surface area contributed by atoms with Crippen molar-refractivity contribution in [3.8, 4) is 11.5 Å². The highest BCUT2D eigenvalue weighted by Crippen LogP contribution is 2.32. The van der Waals surface area contributed by atoms with Crippen LogP contribution in [0.1, 0.15) is 5.56 Å². The number of carbonyl (C=O) groups is 1. The Kier molecular flexibility index (Phi) is 3.27. The first-order chi connectivity index (χ1) is 7.75. The number of allylic oxidation sites excluding steroid dienone is 3. The Bertz CT molecular complexity index is 463. The minimum atomic E-state index is -0.490. The van der Waals surface area contributed by atoms with Crippen molar-refractivity contribution in [1.29, 1.82) is 0 Å². The lowest BCUT2D eigenvalue weighted by Crippen LogP contribution is -1.92. The molecule has 0 amide bonds. The molecule has 4 heteroatoms. The Hall–Kier alpha value is -1.74. The summed E-state index contributed by atoms with van der Waals surface area (Å²) in [6.45, 7) is 0.267.